The molecule has 1 aliphatic rings. The molecule has 1 aromatic rings. The summed E-state index contributed by atoms with van der Waals surface area (Å²) in [6, 6.07) is 0.272. The van der Waals surface area contributed by atoms with Gasteiger partial charge in [-0.05, 0) is 25.2 Å². The van der Waals surface area contributed by atoms with Gasteiger partial charge >= 0.3 is 5.97 Å². The molecule has 7 heteroatoms. The fraction of sp³-hybridized carbons (Fsp3) is 0.769. The van der Waals surface area contributed by atoms with Crippen LogP contribution in [-0.2, 0) is 11.4 Å². The van der Waals surface area contributed by atoms with Crippen LogP contribution in [0, 0.1) is 5.92 Å². The Hall–Kier alpha value is -1.08. The average molecular weight is 299 g/mol. The lowest BCUT2D eigenvalue weighted by atomic mass is 10.0. The average Bonchev–Trinajstić information content (AvgIpc) is 2.71. The van der Waals surface area contributed by atoms with Crippen LogP contribution in [0.4, 0.5) is 0 Å². The third-order valence-electron chi connectivity index (χ3n) is 3.79. The van der Waals surface area contributed by atoms with Gasteiger partial charge in [-0.1, -0.05) is 31.5 Å². The van der Waals surface area contributed by atoms with Gasteiger partial charge in [0.2, 0.25) is 0 Å². The number of nitrogens with zero attached hydrogens (tertiary/aromatic N) is 3. The Morgan fingerprint density at radius 1 is 1.35 bits per heavy atom. The van der Waals surface area contributed by atoms with Crippen LogP contribution in [0.15, 0.2) is 5.16 Å². The lowest BCUT2D eigenvalue weighted by molar-refractivity contribution is -0.133. The molecule has 0 bridgehead atoms. The second-order valence-electron chi connectivity index (χ2n) is 5.38. The number of rotatable bonds is 5. The predicted octanol–water partition coefficient (Wildman–Crippen LogP) is 2.09. The molecule has 2 atom stereocenters. The third-order valence-corrected chi connectivity index (χ3v) is 4.72. The molecule has 1 saturated carbocycles. The quantitative estimate of drug-likeness (QED) is 0.639. The first kappa shape index (κ1) is 15.3. The first-order chi connectivity index (χ1) is 9.61. The number of carboxylic acid groups (broad SMARTS) is 1. The normalized spacial score (nSPS) is 23.5. The molecular formula is C13H21N3O3S. The number of hydrogen-bond donors (Lipinski definition) is 2. The van der Waals surface area contributed by atoms with Crippen molar-refractivity contribution in [1.82, 2.24) is 14.8 Å². The van der Waals surface area contributed by atoms with Crippen molar-refractivity contribution >= 4 is 17.7 Å². The van der Waals surface area contributed by atoms with Gasteiger partial charge in [0.15, 0.2) is 11.0 Å². The molecule has 0 aliphatic heterocycles. The predicted molar refractivity (Wildman–Crippen MR) is 75.6 cm³/mol. The summed E-state index contributed by atoms with van der Waals surface area (Å²) in [5, 5.41) is 26.8. The van der Waals surface area contributed by atoms with Crippen molar-refractivity contribution in [3.8, 4) is 0 Å². The molecular weight excluding hydrogens is 278 g/mol. The van der Waals surface area contributed by atoms with Crippen LogP contribution in [0.2, 0.25) is 0 Å². The Bertz CT molecular complexity index is 464. The molecule has 0 saturated heterocycles. The molecule has 0 radical (unpaired) electrons. The number of carbonyl (C=O) groups is 1. The van der Waals surface area contributed by atoms with Gasteiger partial charge in [0.05, 0.1) is 5.75 Å². The van der Waals surface area contributed by atoms with Gasteiger partial charge in [-0.3, -0.25) is 4.79 Å². The van der Waals surface area contributed by atoms with E-state index in [0.29, 0.717) is 11.0 Å². The van der Waals surface area contributed by atoms with Gasteiger partial charge in [-0.2, -0.15) is 0 Å². The van der Waals surface area contributed by atoms with Crippen molar-refractivity contribution in [2.75, 3.05) is 5.75 Å². The third kappa shape index (κ3) is 3.73. The van der Waals surface area contributed by atoms with Gasteiger partial charge in [0.1, 0.15) is 6.61 Å². The highest BCUT2D eigenvalue weighted by atomic mass is 32.2. The van der Waals surface area contributed by atoms with Crippen LogP contribution >= 0.6 is 11.8 Å². The standard InChI is InChI=1S/C13H21N3O3S/c1-9-3-2-4-10(6-5-9)16-11(7-17)14-15-13(16)20-8-12(18)19/h9-10,17H,2-8H2,1H3,(H,18,19). The van der Waals surface area contributed by atoms with E-state index in [9.17, 15) is 9.90 Å². The smallest absolute Gasteiger partial charge is 0.313 e. The molecule has 112 valence electrons. The molecule has 6 nitrogen and oxygen atoms in total. The summed E-state index contributed by atoms with van der Waals surface area (Å²) in [5.41, 5.74) is 0. The van der Waals surface area contributed by atoms with Crippen LogP contribution in [0.25, 0.3) is 0 Å². The largest absolute Gasteiger partial charge is 0.481 e. The highest BCUT2D eigenvalue weighted by Gasteiger charge is 2.23. The molecule has 1 heterocycles. The molecule has 20 heavy (non-hydrogen) atoms. The van der Waals surface area contributed by atoms with Gasteiger partial charge in [-0.25, -0.2) is 0 Å². The Balaban J connectivity index is 2.18. The molecule has 2 rings (SSSR count). The summed E-state index contributed by atoms with van der Waals surface area (Å²) in [6.45, 7) is 2.11. The van der Waals surface area contributed by atoms with Crippen LogP contribution in [0.1, 0.15) is 50.9 Å². The lowest BCUT2D eigenvalue weighted by Crippen LogP contribution is -2.14. The van der Waals surface area contributed by atoms with Gasteiger partial charge in [0.25, 0.3) is 0 Å². The molecule has 0 aromatic carbocycles. The van der Waals surface area contributed by atoms with E-state index in [2.05, 4.69) is 17.1 Å². The summed E-state index contributed by atoms with van der Waals surface area (Å²) in [6.07, 6.45) is 5.60. The van der Waals surface area contributed by atoms with Crippen LogP contribution in [-0.4, -0.2) is 36.7 Å². The molecule has 0 amide bonds. The summed E-state index contributed by atoms with van der Waals surface area (Å²) >= 11 is 1.17. The minimum absolute atomic E-state index is 0.0350. The minimum atomic E-state index is -0.871. The fourth-order valence-electron chi connectivity index (χ4n) is 2.73. The number of carboxylic acids is 1. The maximum Gasteiger partial charge on any atom is 0.313 e. The van der Waals surface area contributed by atoms with Gasteiger partial charge in [-0.15, -0.1) is 10.2 Å². The highest BCUT2D eigenvalue weighted by molar-refractivity contribution is 7.99. The summed E-state index contributed by atoms with van der Waals surface area (Å²) in [7, 11) is 0. The molecule has 1 aromatic heterocycles. The summed E-state index contributed by atoms with van der Waals surface area (Å²) < 4.78 is 1.95. The topological polar surface area (TPSA) is 88.2 Å². The highest BCUT2D eigenvalue weighted by Crippen LogP contribution is 2.33. The second-order valence-corrected chi connectivity index (χ2v) is 6.32. The number of thioether (sulfide) groups is 1. The SMILES string of the molecule is CC1CCCC(n2c(CO)nnc2SCC(=O)O)CC1. The minimum Gasteiger partial charge on any atom is -0.481 e. The van der Waals surface area contributed by atoms with Crippen molar-refractivity contribution in [3.63, 3.8) is 0 Å². The number of hydrogen-bond acceptors (Lipinski definition) is 5. The monoisotopic (exact) mass is 299 g/mol. The van der Waals surface area contributed by atoms with Crippen molar-refractivity contribution in [2.24, 2.45) is 5.92 Å². The van der Waals surface area contributed by atoms with E-state index < -0.39 is 5.97 Å². The molecule has 0 spiro atoms. The maximum atomic E-state index is 10.7. The van der Waals surface area contributed by atoms with Crippen LogP contribution in [0.5, 0.6) is 0 Å². The second kappa shape index (κ2) is 7.08. The van der Waals surface area contributed by atoms with E-state index in [1.807, 2.05) is 4.57 Å². The van der Waals surface area contributed by atoms with E-state index in [0.717, 1.165) is 31.6 Å². The van der Waals surface area contributed by atoms with Crippen molar-refractivity contribution in [2.45, 2.75) is 56.8 Å². The number of aliphatic carboxylic acids is 1. The Morgan fingerprint density at radius 2 is 2.15 bits per heavy atom. The zero-order valence-corrected chi connectivity index (χ0v) is 12.5. The maximum absolute atomic E-state index is 10.7. The first-order valence-corrected chi connectivity index (χ1v) is 7.99. The number of aliphatic hydroxyl groups excluding tert-OH is 1. The van der Waals surface area contributed by atoms with Crippen molar-refractivity contribution in [1.29, 1.82) is 0 Å². The van der Waals surface area contributed by atoms with E-state index in [4.69, 9.17) is 5.11 Å². The zero-order valence-electron chi connectivity index (χ0n) is 11.7. The Kier molecular flexibility index (Phi) is 5.42. The van der Waals surface area contributed by atoms with Crippen molar-refractivity contribution in [3.05, 3.63) is 5.82 Å². The Morgan fingerprint density at radius 3 is 2.85 bits per heavy atom. The number of aliphatic hydroxyl groups is 1. The van der Waals surface area contributed by atoms with Crippen LogP contribution in [0.3, 0.4) is 0 Å². The Labute approximate surface area is 122 Å². The van der Waals surface area contributed by atoms with E-state index in [-0.39, 0.29) is 18.4 Å². The first-order valence-electron chi connectivity index (χ1n) is 7.01. The zero-order chi connectivity index (χ0) is 14.5. The van der Waals surface area contributed by atoms with Crippen molar-refractivity contribution < 1.29 is 15.0 Å². The summed E-state index contributed by atoms with van der Waals surface area (Å²) in [5.74, 6) is 0.360. The lowest BCUT2D eigenvalue weighted by Gasteiger charge is -2.19. The fourth-order valence-corrected chi connectivity index (χ4v) is 3.48. The summed E-state index contributed by atoms with van der Waals surface area (Å²) in [4.78, 5) is 10.7. The van der Waals surface area contributed by atoms with Gasteiger partial charge < -0.3 is 14.8 Å². The number of aromatic nitrogens is 3. The molecule has 1 aliphatic carbocycles. The van der Waals surface area contributed by atoms with E-state index >= 15 is 0 Å². The van der Waals surface area contributed by atoms with Gasteiger partial charge in [0, 0.05) is 6.04 Å². The molecule has 2 unspecified atom stereocenters. The van der Waals surface area contributed by atoms with E-state index in [1.165, 1.54) is 18.2 Å². The molecule has 1 fully saturated rings. The molecule has 2 N–H and O–H groups in total. The van der Waals surface area contributed by atoms with E-state index in [1.54, 1.807) is 0 Å². The van der Waals surface area contributed by atoms with Crippen LogP contribution < -0.4 is 0 Å².